The van der Waals surface area contributed by atoms with Gasteiger partial charge in [0.15, 0.2) is 0 Å². The number of hydrogen-bond acceptors (Lipinski definition) is 3. The quantitative estimate of drug-likeness (QED) is 0.802. The number of carbonyl (C=O) groups excluding carboxylic acids is 1. The Kier molecular flexibility index (Phi) is 3.74. The van der Waals surface area contributed by atoms with E-state index < -0.39 is 0 Å². The molecule has 0 unspecified atom stereocenters. The van der Waals surface area contributed by atoms with E-state index in [0.29, 0.717) is 12.2 Å². The lowest BCUT2D eigenvalue weighted by molar-refractivity contribution is 0.101. The van der Waals surface area contributed by atoms with Gasteiger partial charge >= 0.3 is 0 Å². The molecule has 0 radical (unpaired) electrons. The summed E-state index contributed by atoms with van der Waals surface area (Å²) in [7, 11) is 1.76. The van der Waals surface area contributed by atoms with Crippen molar-refractivity contribution in [3.8, 4) is 0 Å². The Balaban J connectivity index is 1.75. The van der Waals surface area contributed by atoms with Crippen LogP contribution in [0.4, 0.5) is 5.69 Å². The monoisotopic (exact) mass is 295 g/mol. The lowest BCUT2D eigenvalue weighted by Gasteiger charge is -2.08. The average Bonchev–Trinajstić information content (AvgIpc) is 3.09. The van der Waals surface area contributed by atoms with Crippen LogP contribution < -0.4 is 5.32 Å². The van der Waals surface area contributed by atoms with Crippen LogP contribution >= 0.6 is 0 Å². The van der Waals surface area contributed by atoms with E-state index in [1.54, 1.807) is 24.0 Å². The van der Waals surface area contributed by atoms with Gasteiger partial charge in [0, 0.05) is 25.1 Å². The summed E-state index contributed by atoms with van der Waals surface area (Å²) in [5.41, 5.74) is 3.19. The van der Waals surface area contributed by atoms with E-state index in [9.17, 15) is 4.79 Å². The van der Waals surface area contributed by atoms with Gasteiger partial charge in [-0.1, -0.05) is 12.1 Å². The SMILES string of the molecule is Cc1cc(C(=O)Nc2cccc(Cn3cccn3)c2)n(C)n1. The predicted octanol–water partition coefficient (Wildman–Crippen LogP) is 2.23. The minimum atomic E-state index is -0.167. The molecular formula is C16H17N5O. The normalized spacial score (nSPS) is 10.6. The van der Waals surface area contributed by atoms with Gasteiger partial charge in [-0.05, 0) is 36.8 Å². The first-order chi connectivity index (χ1) is 10.6. The third kappa shape index (κ3) is 3.06. The van der Waals surface area contributed by atoms with E-state index in [1.165, 1.54) is 0 Å². The van der Waals surface area contributed by atoms with Gasteiger partial charge in [0.25, 0.3) is 5.91 Å². The van der Waals surface area contributed by atoms with Crippen LogP contribution in [0.3, 0.4) is 0 Å². The van der Waals surface area contributed by atoms with E-state index >= 15 is 0 Å². The van der Waals surface area contributed by atoms with Crippen molar-refractivity contribution in [3.63, 3.8) is 0 Å². The average molecular weight is 295 g/mol. The van der Waals surface area contributed by atoms with Gasteiger partial charge in [-0.2, -0.15) is 10.2 Å². The van der Waals surface area contributed by atoms with Crippen LogP contribution in [0.5, 0.6) is 0 Å². The number of nitrogens with zero attached hydrogens (tertiary/aromatic N) is 4. The van der Waals surface area contributed by atoms with Gasteiger partial charge in [-0.3, -0.25) is 14.2 Å². The first kappa shape index (κ1) is 14.1. The maximum absolute atomic E-state index is 12.3. The number of rotatable bonds is 4. The number of aryl methyl sites for hydroxylation is 2. The molecule has 0 saturated carbocycles. The third-order valence-corrected chi connectivity index (χ3v) is 3.32. The Morgan fingerprint density at radius 2 is 2.14 bits per heavy atom. The largest absolute Gasteiger partial charge is 0.321 e. The highest BCUT2D eigenvalue weighted by Gasteiger charge is 2.12. The fraction of sp³-hybridized carbons (Fsp3) is 0.188. The zero-order chi connectivity index (χ0) is 15.5. The second-order valence-corrected chi connectivity index (χ2v) is 5.15. The Morgan fingerprint density at radius 1 is 1.27 bits per heavy atom. The molecular weight excluding hydrogens is 278 g/mol. The third-order valence-electron chi connectivity index (χ3n) is 3.32. The molecule has 2 heterocycles. The molecule has 1 N–H and O–H groups in total. The lowest BCUT2D eigenvalue weighted by atomic mass is 10.2. The second kappa shape index (κ2) is 5.85. The molecule has 6 heteroatoms. The molecule has 0 bridgehead atoms. The molecule has 1 aromatic carbocycles. The number of anilines is 1. The van der Waals surface area contributed by atoms with Gasteiger partial charge < -0.3 is 5.32 Å². The van der Waals surface area contributed by atoms with E-state index in [1.807, 2.05) is 48.1 Å². The Bertz CT molecular complexity index is 789. The number of hydrogen-bond donors (Lipinski definition) is 1. The van der Waals surface area contributed by atoms with Crippen molar-refractivity contribution in [3.05, 3.63) is 65.7 Å². The molecule has 3 rings (SSSR count). The summed E-state index contributed by atoms with van der Waals surface area (Å²) in [5, 5.41) is 11.3. The molecule has 3 aromatic rings. The van der Waals surface area contributed by atoms with Crippen molar-refractivity contribution in [2.45, 2.75) is 13.5 Å². The van der Waals surface area contributed by atoms with Crippen molar-refractivity contribution in [1.82, 2.24) is 19.6 Å². The van der Waals surface area contributed by atoms with Crippen LogP contribution in [0, 0.1) is 6.92 Å². The van der Waals surface area contributed by atoms with Crippen molar-refractivity contribution in [2.75, 3.05) is 5.32 Å². The van der Waals surface area contributed by atoms with Crippen molar-refractivity contribution < 1.29 is 4.79 Å². The molecule has 0 atom stereocenters. The van der Waals surface area contributed by atoms with Crippen LogP contribution in [-0.4, -0.2) is 25.5 Å². The Hall–Kier alpha value is -2.89. The second-order valence-electron chi connectivity index (χ2n) is 5.15. The zero-order valence-electron chi connectivity index (χ0n) is 12.5. The van der Waals surface area contributed by atoms with Gasteiger partial charge in [0.05, 0.1) is 12.2 Å². The first-order valence-corrected chi connectivity index (χ1v) is 7.00. The van der Waals surface area contributed by atoms with E-state index in [-0.39, 0.29) is 5.91 Å². The number of benzene rings is 1. The summed E-state index contributed by atoms with van der Waals surface area (Å²) >= 11 is 0. The fourth-order valence-corrected chi connectivity index (χ4v) is 2.35. The molecule has 1 amide bonds. The summed E-state index contributed by atoms with van der Waals surface area (Å²) in [5.74, 6) is -0.167. The van der Waals surface area contributed by atoms with Crippen LogP contribution in [0.1, 0.15) is 21.7 Å². The summed E-state index contributed by atoms with van der Waals surface area (Å²) < 4.78 is 3.42. The lowest BCUT2D eigenvalue weighted by Crippen LogP contribution is -2.16. The number of nitrogens with one attached hydrogen (secondary N) is 1. The minimum absolute atomic E-state index is 0.167. The van der Waals surface area contributed by atoms with Crippen molar-refractivity contribution >= 4 is 11.6 Å². The van der Waals surface area contributed by atoms with Crippen LogP contribution in [0.25, 0.3) is 0 Å². The Morgan fingerprint density at radius 3 is 2.82 bits per heavy atom. The highest BCUT2D eigenvalue weighted by Crippen LogP contribution is 2.13. The highest BCUT2D eigenvalue weighted by molar-refractivity contribution is 6.03. The number of aromatic nitrogens is 4. The first-order valence-electron chi connectivity index (χ1n) is 7.00. The van der Waals surface area contributed by atoms with Gasteiger partial charge in [-0.15, -0.1) is 0 Å². The van der Waals surface area contributed by atoms with Gasteiger partial charge in [0.1, 0.15) is 5.69 Å². The maximum Gasteiger partial charge on any atom is 0.273 e. The van der Waals surface area contributed by atoms with Gasteiger partial charge in [-0.25, -0.2) is 0 Å². The summed E-state index contributed by atoms with van der Waals surface area (Å²) in [6, 6.07) is 11.4. The molecule has 0 aliphatic carbocycles. The highest BCUT2D eigenvalue weighted by atomic mass is 16.2. The molecule has 0 aliphatic heterocycles. The smallest absolute Gasteiger partial charge is 0.273 e. The van der Waals surface area contributed by atoms with E-state index in [0.717, 1.165) is 16.9 Å². The maximum atomic E-state index is 12.3. The van der Waals surface area contributed by atoms with Crippen LogP contribution in [0.15, 0.2) is 48.8 Å². The summed E-state index contributed by atoms with van der Waals surface area (Å²) in [6.07, 6.45) is 3.65. The van der Waals surface area contributed by atoms with Crippen molar-refractivity contribution in [2.24, 2.45) is 7.05 Å². The summed E-state index contributed by atoms with van der Waals surface area (Å²) in [6.45, 7) is 2.53. The molecule has 0 spiro atoms. The predicted molar refractivity (Wildman–Crippen MR) is 83.7 cm³/mol. The van der Waals surface area contributed by atoms with Gasteiger partial charge in [0.2, 0.25) is 0 Å². The van der Waals surface area contributed by atoms with E-state index in [2.05, 4.69) is 15.5 Å². The topological polar surface area (TPSA) is 64.7 Å². The number of carbonyl (C=O) groups is 1. The molecule has 0 saturated heterocycles. The fourth-order valence-electron chi connectivity index (χ4n) is 2.35. The molecule has 112 valence electrons. The van der Waals surface area contributed by atoms with E-state index in [4.69, 9.17) is 0 Å². The standard InChI is InChI=1S/C16H17N5O/c1-12-9-15(20(2)19-12)16(22)18-14-6-3-5-13(10-14)11-21-8-4-7-17-21/h3-10H,11H2,1-2H3,(H,18,22). The van der Waals surface area contributed by atoms with Crippen molar-refractivity contribution in [1.29, 1.82) is 0 Å². The van der Waals surface area contributed by atoms with Crippen LogP contribution in [-0.2, 0) is 13.6 Å². The zero-order valence-corrected chi connectivity index (χ0v) is 12.5. The molecule has 2 aromatic heterocycles. The molecule has 0 aliphatic rings. The van der Waals surface area contributed by atoms with Crippen LogP contribution in [0.2, 0.25) is 0 Å². The molecule has 6 nitrogen and oxygen atoms in total. The Labute approximate surface area is 128 Å². The summed E-state index contributed by atoms with van der Waals surface area (Å²) in [4.78, 5) is 12.3. The molecule has 22 heavy (non-hydrogen) atoms. The number of amides is 1. The minimum Gasteiger partial charge on any atom is -0.321 e. The molecule has 0 fully saturated rings.